The van der Waals surface area contributed by atoms with Crippen molar-refractivity contribution in [2.24, 2.45) is 9.98 Å². The minimum atomic E-state index is -1.54. The number of benzene rings is 6. The Morgan fingerprint density at radius 3 is 1.28 bits per heavy atom. The smallest absolute Gasteiger partial charge is 0.262 e. The maximum Gasteiger partial charge on any atom is 0.262 e. The first-order valence-electron chi connectivity index (χ1n) is 19.9. The van der Waals surface area contributed by atoms with Gasteiger partial charge in [-0.2, -0.15) is 0 Å². The van der Waals surface area contributed by atoms with Crippen molar-refractivity contribution >= 4 is 43.3 Å². The van der Waals surface area contributed by atoms with Crippen molar-refractivity contribution in [3.05, 3.63) is 171 Å². The quantitative estimate of drug-likeness (QED) is 0.0957. The van der Waals surface area contributed by atoms with Crippen molar-refractivity contribution in [3.8, 4) is 106 Å². The van der Waals surface area contributed by atoms with E-state index in [2.05, 4.69) is 60.1 Å². The van der Waals surface area contributed by atoms with Crippen LogP contribution in [0.3, 0.4) is 0 Å². The fourth-order valence-electron chi connectivity index (χ4n) is 7.27. The average molecular weight is 965 g/mol. The van der Waals surface area contributed by atoms with Gasteiger partial charge in [0, 0.05) is 42.3 Å². The summed E-state index contributed by atoms with van der Waals surface area (Å²) in [6.07, 6.45) is 22.1. The zero-order valence-electron chi connectivity index (χ0n) is 34.2. The Balaban J connectivity index is 1.49. The molecule has 10 heteroatoms. The Morgan fingerprint density at radius 1 is 0.469 bits per heavy atom. The fourth-order valence-corrected chi connectivity index (χ4v) is 8.28. The number of halogens is 2. The lowest BCUT2D eigenvalue weighted by molar-refractivity contribution is 0.370. The highest BCUT2D eigenvalue weighted by Crippen LogP contribution is 2.49. The lowest BCUT2D eigenvalue weighted by atomic mass is 10.00. The molecule has 2 heterocycles. The summed E-state index contributed by atoms with van der Waals surface area (Å²) in [5, 5.41) is 0. The van der Waals surface area contributed by atoms with Crippen LogP contribution in [0.5, 0.6) is 23.0 Å². The van der Waals surface area contributed by atoms with E-state index in [1.54, 1.807) is 0 Å². The van der Waals surface area contributed by atoms with E-state index in [0.29, 0.717) is 51.6 Å². The molecule has 310 valence electrons. The Hall–Kier alpha value is -7.73. The van der Waals surface area contributed by atoms with Gasteiger partial charge in [0.2, 0.25) is 0 Å². The first kappa shape index (κ1) is 42.9. The largest absolute Gasteiger partial charge is 0.481 e. The zero-order chi connectivity index (χ0) is 44.5. The van der Waals surface area contributed by atoms with Gasteiger partial charge in [0.1, 0.15) is 55.2 Å². The Bertz CT molecular complexity index is 2980. The number of ether oxygens (including phenoxy) is 4. The van der Waals surface area contributed by atoms with Crippen LogP contribution in [0.1, 0.15) is 16.7 Å². The third-order valence-corrected chi connectivity index (χ3v) is 11.5. The number of imidazole rings is 1. The van der Waals surface area contributed by atoms with Crippen LogP contribution in [0.4, 0.5) is 0 Å². The van der Waals surface area contributed by atoms with Gasteiger partial charge in [-0.05, 0) is 109 Å². The van der Waals surface area contributed by atoms with Crippen LogP contribution in [0.15, 0.2) is 165 Å². The number of aromatic nitrogens is 2. The molecule has 6 aromatic carbocycles. The van der Waals surface area contributed by atoms with E-state index in [9.17, 15) is 0 Å². The lowest BCUT2D eigenvalue weighted by Crippen LogP contribution is -2.32. The summed E-state index contributed by atoms with van der Waals surface area (Å²) in [6.45, 7) is 0.522. The van der Waals surface area contributed by atoms with Crippen molar-refractivity contribution in [3.63, 3.8) is 0 Å². The maximum atomic E-state index is 5.84. The first-order chi connectivity index (χ1) is 31.4. The highest BCUT2D eigenvalue weighted by molar-refractivity contribution is 9.10. The van der Waals surface area contributed by atoms with Gasteiger partial charge < -0.3 is 18.9 Å². The van der Waals surface area contributed by atoms with Crippen molar-refractivity contribution < 1.29 is 18.9 Å². The summed E-state index contributed by atoms with van der Waals surface area (Å²) >= 11 is 7.82. The number of aliphatic imine (C=N–C) groups is 2. The van der Waals surface area contributed by atoms with Crippen molar-refractivity contribution in [1.82, 2.24) is 9.55 Å². The zero-order valence-corrected chi connectivity index (χ0v) is 37.3. The van der Waals surface area contributed by atoms with Gasteiger partial charge in [-0.15, -0.1) is 25.7 Å². The summed E-state index contributed by atoms with van der Waals surface area (Å²) in [5.41, 5.74) is 7.33. The van der Waals surface area contributed by atoms with Gasteiger partial charge in [0.05, 0.1) is 22.8 Å². The molecule has 64 heavy (non-hydrogen) atoms. The molecule has 7 aromatic rings. The average Bonchev–Trinajstić information content (AvgIpc) is 3.93. The van der Waals surface area contributed by atoms with Crippen molar-refractivity contribution in [1.29, 1.82) is 0 Å². The Morgan fingerprint density at radius 2 is 0.859 bits per heavy atom. The SMILES string of the molecule is C#CCOc1ccc(C2=NC(c3ccccc3Br)(n3c(-c4ccccc4Br)nc(-c4ccc(OCC#C)cc4)c3-c3ccc(OCC#C)cc3)N=C2c2ccc(OCC#C)cc2)cc1. The summed E-state index contributed by atoms with van der Waals surface area (Å²) < 4.78 is 26.9. The molecule has 0 saturated carbocycles. The van der Waals surface area contributed by atoms with Gasteiger partial charge in [-0.3, -0.25) is 4.57 Å². The lowest BCUT2D eigenvalue weighted by Gasteiger charge is -2.30. The molecule has 8 rings (SSSR count). The number of rotatable bonds is 15. The Kier molecular flexibility index (Phi) is 13.1. The minimum Gasteiger partial charge on any atom is -0.481 e. The topological polar surface area (TPSA) is 79.5 Å². The predicted octanol–water partition coefficient (Wildman–Crippen LogP) is 11.1. The molecule has 1 aliphatic rings. The molecule has 8 nitrogen and oxygen atoms in total. The molecule has 0 N–H and O–H groups in total. The summed E-state index contributed by atoms with van der Waals surface area (Å²) in [4.78, 5) is 17.2. The molecule has 0 aliphatic carbocycles. The van der Waals surface area contributed by atoms with Crippen LogP contribution in [0.25, 0.3) is 33.9 Å². The van der Waals surface area contributed by atoms with Gasteiger partial charge in [0.25, 0.3) is 5.79 Å². The molecule has 0 unspecified atom stereocenters. The predicted molar refractivity (Wildman–Crippen MR) is 261 cm³/mol. The van der Waals surface area contributed by atoms with E-state index in [4.69, 9.17) is 59.6 Å². The molecule has 0 fully saturated rings. The van der Waals surface area contributed by atoms with Gasteiger partial charge >= 0.3 is 0 Å². The van der Waals surface area contributed by atoms with Crippen molar-refractivity contribution in [2.75, 3.05) is 26.4 Å². The number of hydrogen-bond donors (Lipinski definition) is 0. The van der Waals surface area contributed by atoms with Crippen LogP contribution >= 0.6 is 31.9 Å². The second kappa shape index (κ2) is 19.5. The second-order valence-corrected chi connectivity index (χ2v) is 15.8. The molecule has 1 aromatic heterocycles. The van der Waals surface area contributed by atoms with Gasteiger partial charge in [-0.1, -0.05) is 91.9 Å². The third kappa shape index (κ3) is 8.80. The van der Waals surface area contributed by atoms with Crippen LogP contribution in [0.2, 0.25) is 0 Å². The summed E-state index contributed by atoms with van der Waals surface area (Å²) in [5.74, 6) is 11.7. The van der Waals surface area contributed by atoms with Crippen LogP contribution in [0, 0.1) is 49.4 Å². The van der Waals surface area contributed by atoms with Gasteiger partial charge in [-0.25, -0.2) is 15.0 Å². The van der Waals surface area contributed by atoms with Crippen molar-refractivity contribution in [2.45, 2.75) is 5.79 Å². The van der Waals surface area contributed by atoms with E-state index in [1.807, 2.05) is 146 Å². The summed E-state index contributed by atoms with van der Waals surface area (Å²) in [6, 6.07) is 46.6. The van der Waals surface area contributed by atoms with Crippen LogP contribution in [-0.4, -0.2) is 47.4 Å². The molecule has 1 aliphatic heterocycles. The van der Waals surface area contributed by atoms with E-state index in [-0.39, 0.29) is 26.4 Å². The molecule has 0 bridgehead atoms. The maximum absolute atomic E-state index is 5.84. The first-order valence-corrected chi connectivity index (χ1v) is 21.5. The highest BCUT2D eigenvalue weighted by atomic mass is 79.9. The summed E-state index contributed by atoms with van der Waals surface area (Å²) in [7, 11) is 0. The molecule has 0 radical (unpaired) electrons. The second-order valence-electron chi connectivity index (χ2n) is 14.1. The highest BCUT2D eigenvalue weighted by Gasteiger charge is 2.46. The Labute approximate surface area is 389 Å². The molecule has 0 atom stereocenters. The molecule has 0 spiro atoms. The fraction of sp³-hybridized carbons (Fsp3) is 0.0926. The van der Waals surface area contributed by atoms with Crippen LogP contribution < -0.4 is 18.9 Å². The standard InChI is InChI=1S/C54H36Br2N4O4/c1-5-33-61-41-25-17-37(18-26-41)49-50(38-19-27-42(28-20-38)62-34-6-2)59-54(58-49,46-14-10-12-16-48(46)56)60-52(40-23-31-44(32-24-40)64-36-8-4)51(39-21-29-43(30-22-39)63-35-7-3)57-53(60)45-13-9-11-15-47(45)55/h1-4,9-32H,33-36H2. The third-order valence-electron chi connectivity index (χ3n) is 10.1. The van der Waals surface area contributed by atoms with E-state index in [1.165, 1.54) is 0 Å². The number of nitrogens with zero attached hydrogens (tertiary/aromatic N) is 4. The normalized spacial score (nSPS) is 12.4. The van der Waals surface area contributed by atoms with E-state index < -0.39 is 5.79 Å². The molecular formula is C54H36Br2N4O4. The van der Waals surface area contributed by atoms with Gasteiger partial charge in [0.15, 0.2) is 0 Å². The molecule has 0 amide bonds. The number of terminal acetylenes is 4. The molecular weight excluding hydrogens is 928 g/mol. The number of hydrogen-bond acceptors (Lipinski definition) is 7. The van der Waals surface area contributed by atoms with E-state index in [0.717, 1.165) is 42.3 Å². The van der Waals surface area contributed by atoms with E-state index >= 15 is 0 Å². The minimum absolute atomic E-state index is 0.122. The molecule has 0 saturated heterocycles. The van der Waals surface area contributed by atoms with Crippen LogP contribution in [-0.2, 0) is 5.79 Å². The monoisotopic (exact) mass is 962 g/mol.